The Morgan fingerprint density at radius 1 is 1.50 bits per heavy atom. The van der Waals surface area contributed by atoms with Crippen LogP contribution in [0, 0.1) is 5.92 Å². The SMILES string of the molecule is CCCNC(c1cc(Cl)cnc1N)C1CCCC1. The maximum atomic E-state index is 6.06. The molecular formula is C14H22ClN3. The Morgan fingerprint density at radius 2 is 2.22 bits per heavy atom. The standard InChI is InChI=1S/C14H22ClN3/c1-2-7-17-13(10-5-3-4-6-10)12-8-11(15)9-18-14(12)16/h8-10,13,17H,2-7H2,1H3,(H2,16,18). The molecule has 4 heteroatoms. The van der Waals surface area contributed by atoms with Crippen molar-refractivity contribution in [3.05, 3.63) is 22.8 Å². The van der Waals surface area contributed by atoms with Crippen LogP contribution in [0.3, 0.4) is 0 Å². The van der Waals surface area contributed by atoms with Crippen LogP contribution in [0.1, 0.15) is 50.6 Å². The first-order valence-electron chi connectivity index (χ1n) is 6.86. The molecule has 1 atom stereocenters. The van der Waals surface area contributed by atoms with Crippen LogP contribution in [0.5, 0.6) is 0 Å². The fraction of sp³-hybridized carbons (Fsp3) is 0.643. The zero-order valence-electron chi connectivity index (χ0n) is 11.0. The van der Waals surface area contributed by atoms with Crippen LogP contribution in [-0.4, -0.2) is 11.5 Å². The summed E-state index contributed by atoms with van der Waals surface area (Å²) >= 11 is 6.06. The molecule has 0 aromatic carbocycles. The lowest BCUT2D eigenvalue weighted by Gasteiger charge is -2.26. The van der Waals surface area contributed by atoms with Crippen molar-refractivity contribution < 1.29 is 0 Å². The van der Waals surface area contributed by atoms with Crippen LogP contribution in [0.15, 0.2) is 12.3 Å². The van der Waals surface area contributed by atoms with Gasteiger partial charge in [0.1, 0.15) is 5.82 Å². The van der Waals surface area contributed by atoms with Gasteiger partial charge in [-0.15, -0.1) is 0 Å². The summed E-state index contributed by atoms with van der Waals surface area (Å²) in [5, 5.41) is 4.28. The smallest absolute Gasteiger partial charge is 0.128 e. The molecule has 3 N–H and O–H groups in total. The number of nitrogens with zero attached hydrogens (tertiary/aromatic N) is 1. The minimum atomic E-state index is 0.304. The summed E-state index contributed by atoms with van der Waals surface area (Å²) in [4.78, 5) is 4.18. The van der Waals surface area contributed by atoms with Crippen LogP contribution in [0.4, 0.5) is 5.82 Å². The molecule has 0 spiro atoms. The fourth-order valence-corrected chi connectivity index (χ4v) is 3.00. The van der Waals surface area contributed by atoms with Gasteiger partial charge in [-0.25, -0.2) is 4.98 Å². The number of pyridine rings is 1. The van der Waals surface area contributed by atoms with E-state index in [1.807, 2.05) is 6.07 Å². The number of anilines is 1. The molecule has 3 nitrogen and oxygen atoms in total. The maximum absolute atomic E-state index is 6.06. The quantitative estimate of drug-likeness (QED) is 0.858. The van der Waals surface area contributed by atoms with Crippen molar-refractivity contribution in [2.75, 3.05) is 12.3 Å². The Hall–Kier alpha value is -0.800. The first-order valence-corrected chi connectivity index (χ1v) is 7.24. The Morgan fingerprint density at radius 3 is 2.89 bits per heavy atom. The molecule has 0 saturated heterocycles. The first kappa shape index (κ1) is 13.6. The van der Waals surface area contributed by atoms with E-state index >= 15 is 0 Å². The Bertz CT molecular complexity index is 389. The molecular weight excluding hydrogens is 246 g/mol. The number of nitrogens with two attached hydrogens (primary N) is 1. The Labute approximate surface area is 114 Å². The maximum Gasteiger partial charge on any atom is 0.128 e. The van der Waals surface area contributed by atoms with Crippen molar-refractivity contribution >= 4 is 17.4 Å². The van der Waals surface area contributed by atoms with E-state index in [1.165, 1.54) is 25.7 Å². The van der Waals surface area contributed by atoms with E-state index < -0.39 is 0 Å². The number of hydrogen-bond acceptors (Lipinski definition) is 3. The molecule has 2 rings (SSSR count). The van der Waals surface area contributed by atoms with Gasteiger partial charge in [0.2, 0.25) is 0 Å². The van der Waals surface area contributed by atoms with E-state index in [0.717, 1.165) is 18.5 Å². The summed E-state index contributed by atoms with van der Waals surface area (Å²) in [6, 6.07) is 2.27. The van der Waals surface area contributed by atoms with Gasteiger partial charge >= 0.3 is 0 Å². The second-order valence-electron chi connectivity index (χ2n) is 5.10. The summed E-state index contributed by atoms with van der Waals surface area (Å²) in [5.41, 5.74) is 7.09. The molecule has 0 amide bonds. The van der Waals surface area contributed by atoms with Gasteiger partial charge in [0.05, 0.1) is 5.02 Å². The molecule has 0 aliphatic heterocycles. The van der Waals surface area contributed by atoms with Gasteiger partial charge in [0.15, 0.2) is 0 Å². The van der Waals surface area contributed by atoms with Crippen molar-refractivity contribution in [3.8, 4) is 0 Å². The average Bonchev–Trinajstić information content (AvgIpc) is 2.88. The topological polar surface area (TPSA) is 50.9 Å². The minimum Gasteiger partial charge on any atom is -0.383 e. The van der Waals surface area contributed by atoms with E-state index in [9.17, 15) is 0 Å². The van der Waals surface area contributed by atoms with Crippen molar-refractivity contribution in [1.82, 2.24) is 10.3 Å². The van der Waals surface area contributed by atoms with E-state index in [1.54, 1.807) is 6.20 Å². The van der Waals surface area contributed by atoms with Crippen molar-refractivity contribution in [2.24, 2.45) is 5.92 Å². The highest BCUT2D eigenvalue weighted by atomic mass is 35.5. The third-order valence-electron chi connectivity index (χ3n) is 3.74. The minimum absolute atomic E-state index is 0.304. The van der Waals surface area contributed by atoms with Crippen LogP contribution in [-0.2, 0) is 0 Å². The molecule has 18 heavy (non-hydrogen) atoms. The lowest BCUT2D eigenvalue weighted by atomic mass is 9.92. The monoisotopic (exact) mass is 267 g/mol. The largest absolute Gasteiger partial charge is 0.383 e. The second kappa shape index (κ2) is 6.39. The van der Waals surface area contributed by atoms with E-state index in [2.05, 4.69) is 17.2 Å². The molecule has 1 aliphatic carbocycles. The summed E-state index contributed by atoms with van der Waals surface area (Å²) < 4.78 is 0. The zero-order chi connectivity index (χ0) is 13.0. The van der Waals surface area contributed by atoms with E-state index in [4.69, 9.17) is 17.3 Å². The molecule has 1 unspecified atom stereocenters. The second-order valence-corrected chi connectivity index (χ2v) is 5.54. The highest BCUT2D eigenvalue weighted by Crippen LogP contribution is 2.37. The van der Waals surface area contributed by atoms with Crippen molar-refractivity contribution in [2.45, 2.75) is 45.1 Å². The van der Waals surface area contributed by atoms with Crippen LogP contribution in [0.2, 0.25) is 5.02 Å². The summed E-state index contributed by atoms with van der Waals surface area (Å²) in [7, 11) is 0. The lowest BCUT2D eigenvalue weighted by Crippen LogP contribution is -2.28. The number of nitrogen functional groups attached to an aromatic ring is 1. The highest BCUT2D eigenvalue weighted by Gasteiger charge is 2.27. The molecule has 100 valence electrons. The highest BCUT2D eigenvalue weighted by molar-refractivity contribution is 6.30. The molecule has 1 aromatic rings. The molecule has 0 radical (unpaired) electrons. The molecule has 1 aliphatic rings. The average molecular weight is 268 g/mol. The number of rotatable bonds is 5. The number of hydrogen-bond donors (Lipinski definition) is 2. The molecule has 1 heterocycles. The van der Waals surface area contributed by atoms with E-state index in [-0.39, 0.29) is 0 Å². The van der Waals surface area contributed by atoms with Gasteiger partial charge in [-0.1, -0.05) is 31.4 Å². The van der Waals surface area contributed by atoms with Crippen LogP contribution in [0.25, 0.3) is 0 Å². The normalized spacial score (nSPS) is 18.1. The van der Waals surface area contributed by atoms with E-state index in [0.29, 0.717) is 22.8 Å². The van der Waals surface area contributed by atoms with Gasteiger partial charge < -0.3 is 11.1 Å². The van der Waals surface area contributed by atoms with Gasteiger partial charge in [-0.05, 0) is 37.8 Å². The van der Waals surface area contributed by atoms with Gasteiger partial charge in [0, 0.05) is 17.8 Å². The predicted octanol–water partition coefficient (Wildman–Crippen LogP) is 3.55. The third-order valence-corrected chi connectivity index (χ3v) is 3.94. The number of aromatic nitrogens is 1. The number of halogens is 1. The van der Waals surface area contributed by atoms with Crippen LogP contribution < -0.4 is 11.1 Å². The summed E-state index contributed by atoms with van der Waals surface area (Å²) in [6.45, 7) is 3.19. The van der Waals surface area contributed by atoms with Gasteiger partial charge in [-0.3, -0.25) is 0 Å². The molecule has 1 fully saturated rings. The molecule has 1 saturated carbocycles. The fourth-order valence-electron chi connectivity index (χ4n) is 2.84. The first-order chi connectivity index (χ1) is 8.72. The van der Waals surface area contributed by atoms with Crippen LogP contribution >= 0.6 is 11.6 Å². The molecule has 1 aromatic heterocycles. The summed E-state index contributed by atoms with van der Waals surface area (Å²) in [6.07, 6.45) is 7.93. The third kappa shape index (κ3) is 3.15. The summed E-state index contributed by atoms with van der Waals surface area (Å²) in [5.74, 6) is 1.28. The Kier molecular flexibility index (Phi) is 4.84. The lowest BCUT2D eigenvalue weighted by molar-refractivity contribution is 0.368. The van der Waals surface area contributed by atoms with Gasteiger partial charge in [-0.2, -0.15) is 0 Å². The van der Waals surface area contributed by atoms with Crippen molar-refractivity contribution in [3.63, 3.8) is 0 Å². The van der Waals surface area contributed by atoms with Crippen molar-refractivity contribution in [1.29, 1.82) is 0 Å². The zero-order valence-corrected chi connectivity index (χ0v) is 11.7. The molecule has 0 bridgehead atoms. The Balaban J connectivity index is 2.23. The predicted molar refractivity (Wildman–Crippen MR) is 76.7 cm³/mol. The number of nitrogens with one attached hydrogen (secondary N) is 1. The van der Waals surface area contributed by atoms with Gasteiger partial charge in [0.25, 0.3) is 0 Å².